The zero-order valence-corrected chi connectivity index (χ0v) is 12.4. The number of aromatic nitrogens is 1. The van der Waals surface area contributed by atoms with E-state index in [0.717, 1.165) is 28.0 Å². The third kappa shape index (κ3) is 3.47. The first-order valence-corrected chi connectivity index (χ1v) is 7.15. The molecule has 1 aromatic carbocycles. The molecular weight excluding hydrogens is 264 g/mol. The van der Waals surface area contributed by atoms with Gasteiger partial charge in [-0.05, 0) is 17.7 Å². The van der Waals surface area contributed by atoms with Crippen LogP contribution in [0.15, 0.2) is 29.6 Å². The number of nitrogens with zero attached hydrogens (tertiary/aromatic N) is 1. The summed E-state index contributed by atoms with van der Waals surface area (Å²) in [5.41, 5.74) is 2.39. The third-order valence-electron chi connectivity index (χ3n) is 2.61. The average molecular weight is 281 g/mol. The van der Waals surface area contributed by atoms with Crippen molar-refractivity contribution in [1.29, 1.82) is 0 Å². The number of halogens is 1. The lowest BCUT2D eigenvalue weighted by molar-refractivity contribution is 0.573. The monoisotopic (exact) mass is 280 g/mol. The van der Waals surface area contributed by atoms with Crippen LogP contribution in [0.2, 0.25) is 5.02 Å². The molecule has 1 heterocycles. The molecule has 2 rings (SSSR count). The van der Waals surface area contributed by atoms with Gasteiger partial charge in [0.1, 0.15) is 0 Å². The average Bonchev–Trinajstić information content (AvgIpc) is 2.74. The summed E-state index contributed by atoms with van der Waals surface area (Å²) in [6.45, 7) is 7.26. The van der Waals surface area contributed by atoms with Crippen molar-refractivity contribution < 1.29 is 0 Å². The molecule has 0 bridgehead atoms. The molecule has 18 heavy (non-hydrogen) atoms. The summed E-state index contributed by atoms with van der Waals surface area (Å²) in [6, 6.07) is 7.86. The summed E-state index contributed by atoms with van der Waals surface area (Å²) in [4.78, 5) is 4.59. The Hall–Kier alpha value is -1.06. The second kappa shape index (κ2) is 5.29. The fourth-order valence-electron chi connectivity index (χ4n) is 1.52. The zero-order valence-electron chi connectivity index (χ0n) is 10.8. The van der Waals surface area contributed by atoms with E-state index in [1.807, 2.05) is 18.2 Å². The second-order valence-corrected chi connectivity index (χ2v) is 6.57. The maximum absolute atomic E-state index is 5.95. The maximum atomic E-state index is 5.95. The van der Waals surface area contributed by atoms with E-state index in [-0.39, 0.29) is 5.41 Å². The highest BCUT2D eigenvalue weighted by Gasteiger charge is 2.17. The van der Waals surface area contributed by atoms with Crippen LogP contribution in [0.5, 0.6) is 0 Å². The van der Waals surface area contributed by atoms with Gasteiger partial charge in [0.2, 0.25) is 0 Å². The van der Waals surface area contributed by atoms with Gasteiger partial charge in [-0.1, -0.05) is 44.5 Å². The molecule has 0 aliphatic rings. The van der Waals surface area contributed by atoms with Crippen molar-refractivity contribution >= 4 is 28.1 Å². The summed E-state index contributed by atoms with van der Waals surface area (Å²) in [5.74, 6) is 0. The number of hydrogen-bond donors (Lipinski definition) is 1. The van der Waals surface area contributed by atoms with Gasteiger partial charge in [-0.2, -0.15) is 0 Å². The van der Waals surface area contributed by atoms with E-state index in [1.54, 1.807) is 11.3 Å². The standard InChI is InChI=1S/C14H17ClN2S/c1-14(2,3)12-9-18-13(17-12)16-8-10-5-4-6-11(15)7-10/h4-7,9H,8H2,1-3H3,(H,16,17). The van der Waals surface area contributed by atoms with Gasteiger partial charge in [-0.3, -0.25) is 0 Å². The molecule has 0 unspecified atom stereocenters. The Bertz CT molecular complexity index is 529. The summed E-state index contributed by atoms with van der Waals surface area (Å²) in [6.07, 6.45) is 0. The number of anilines is 1. The van der Waals surface area contributed by atoms with Crippen LogP contribution in [-0.2, 0) is 12.0 Å². The molecule has 0 saturated heterocycles. The molecule has 0 aliphatic heterocycles. The molecule has 0 amide bonds. The minimum Gasteiger partial charge on any atom is -0.357 e. The molecule has 2 aromatic rings. The summed E-state index contributed by atoms with van der Waals surface area (Å²) >= 11 is 7.59. The van der Waals surface area contributed by atoms with Gasteiger partial charge in [-0.15, -0.1) is 11.3 Å². The van der Waals surface area contributed by atoms with E-state index in [0.29, 0.717) is 0 Å². The lowest BCUT2D eigenvalue weighted by atomic mass is 9.93. The first-order chi connectivity index (χ1) is 8.45. The molecule has 1 aromatic heterocycles. The van der Waals surface area contributed by atoms with Gasteiger partial charge in [0.15, 0.2) is 5.13 Å². The van der Waals surface area contributed by atoms with E-state index in [2.05, 4.69) is 42.5 Å². The van der Waals surface area contributed by atoms with Crippen LogP contribution < -0.4 is 5.32 Å². The predicted molar refractivity (Wildman–Crippen MR) is 79.6 cm³/mol. The lowest BCUT2D eigenvalue weighted by Crippen LogP contribution is -2.11. The molecular formula is C14H17ClN2S. The summed E-state index contributed by atoms with van der Waals surface area (Å²) in [5, 5.41) is 7.17. The van der Waals surface area contributed by atoms with E-state index < -0.39 is 0 Å². The topological polar surface area (TPSA) is 24.9 Å². The van der Waals surface area contributed by atoms with E-state index in [9.17, 15) is 0 Å². The van der Waals surface area contributed by atoms with Crippen molar-refractivity contribution in [3.8, 4) is 0 Å². The summed E-state index contributed by atoms with van der Waals surface area (Å²) < 4.78 is 0. The molecule has 0 fully saturated rings. The fraction of sp³-hybridized carbons (Fsp3) is 0.357. The predicted octanol–water partition coefficient (Wildman–Crippen LogP) is 4.71. The molecule has 4 heteroatoms. The van der Waals surface area contributed by atoms with Crippen LogP contribution in [0, 0.1) is 0 Å². The van der Waals surface area contributed by atoms with Crippen LogP contribution in [0.1, 0.15) is 32.0 Å². The number of rotatable bonds is 3. The number of hydrogen-bond acceptors (Lipinski definition) is 3. The normalized spacial score (nSPS) is 11.6. The molecule has 2 nitrogen and oxygen atoms in total. The highest BCUT2D eigenvalue weighted by Crippen LogP contribution is 2.26. The smallest absolute Gasteiger partial charge is 0.183 e. The fourth-order valence-corrected chi connectivity index (χ4v) is 2.67. The van der Waals surface area contributed by atoms with Gasteiger partial charge in [-0.25, -0.2) is 4.98 Å². The van der Waals surface area contributed by atoms with Crippen molar-refractivity contribution in [2.45, 2.75) is 32.7 Å². The van der Waals surface area contributed by atoms with E-state index >= 15 is 0 Å². The SMILES string of the molecule is CC(C)(C)c1csc(NCc2cccc(Cl)c2)n1. The van der Waals surface area contributed by atoms with Crippen LogP contribution >= 0.6 is 22.9 Å². The van der Waals surface area contributed by atoms with Crippen molar-refractivity contribution in [3.05, 3.63) is 45.9 Å². The molecule has 0 aliphatic carbocycles. The zero-order chi connectivity index (χ0) is 13.2. The number of thiazole rings is 1. The Morgan fingerprint density at radius 1 is 1.33 bits per heavy atom. The van der Waals surface area contributed by atoms with Gasteiger partial charge in [0, 0.05) is 22.4 Å². The van der Waals surface area contributed by atoms with Crippen molar-refractivity contribution in [2.75, 3.05) is 5.32 Å². The van der Waals surface area contributed by atoms with Gasteiger partial charge < -0.3 is 5.32 Å². The minimum atomic E-state index is 0.104. The van der Waals surface area contributed by atoms with Gasteiger partial charge >= 0.3 is 0 Å². The second-order valence-electron chi connectivity index (χ2n) is 5.27. The van der Waals surface area contributed by atoms with Crippen LogP contribution in [-0.4, -0.2) is 4.98 Å². The van der Waals surface area contributed by atoms with Gasteiger partial charge in [0.25, 0.3) is 0 Å². The molecule has 0 saturated carbocycles. The molecule has 0 atom stereocenters. The van der Waals surface area contributed by atoms with Crippen LogP contribution in [0.3, 0.4) is 0 Å². The highest BCUT2D eigenvalue weighted by atomic mass is 35.5. The Labute approximate surface area is 117 Å². The van der Waals surface area contributed by atoms with Crippen molar-refractivity contribution in [2.24, 2.45) is 0 Å². The summed E-state index contributed by atoms with van der Waals surface area (Å²) in [7, 11) is 0. The van der Waals surface area contributed by atoms with E-state index in [1.165, 1.54) is 0 Å². The largest absolute Gasteiger partial charge is 0.357 e. The number of benzene rings is 1. The molecule has 1 N–H and O–H groups in total. The first kappa shape index (κ1) is 13.4. The Morgan fingerprint density at radius 3 is 2.72 bits per heavy atom. The Morgan fingerprint density at radius 2 is 2.11 bits per heavy atom. The highest BCUT2D eigenvalue weighted by molar-refractivity contribution is 7.13. The molecule has 96 valence electrons. The Kier molecular flexibility index (Phi) is 3.93. The molecule has 0 spiro atoms. The van der Waals surface area contributed by atoms with Crippen LogP contribution in [0.4, 0.5) is 5.13 Å². The van der Waals surface area contributed by atoms with Crippen molar-refractivity contribution in [3.63, 3.8) is 0 Å². The van der Waals surface area contributed by atoms with Crippen LogP contribution in [0.25, 0.3) is 0 Å². The number of nitrogens with one attached hydrogen (secondary N) is 1. The maximum Gasteiger partial charge on any atom is 0.183 e. The molecule has 0 radical (unpaired) electrons. The third-order valence-corrected chi connectivity index (χ3v) is 3.64. The quantitative estimate of drug-likeness (QED) is 0.881. The Balaban J connectivity index is 2.01. The minimum absolute atomic E-state index is 0.104. The van der Waals surface area contributed by atoms with Gasteiger partial charge in [0.05, 0.1) is 5.69 Å². The van der Waals surface area contributed by atoms with Crippen molar-refractivity contribution in [1.82, 2.24) is 4.98 Å². The lowest BCUT2D eigenvalue weighted by Gasteiger charge is -2.14. The first-order valence-electron chi connectivity index (χ1n) is 5.89. The van der Waals surface area contributed by atoms with E-state index in [4.69, 9.17) is 11.6 Å².